The Morgan fingerprint density at radius 2 is 1.90 bits per heavy atom. The molecule has 1 aromatic heterocycles. The Morgan fingerprint density at radius 3 is 2.59 bits per heavy atom. The van der Waals surface area contributed by atoms with Crippen molar-refractivity contribution in [2.75, 3.05) is 10.8 Å². The van der Waals surface area contributed by atoms with Gasteiger partial charge in [-0.3, -0.25) is 4.31 Å². The molecule has 0 aliphatic carbocycles. The van der Waals surface area contributed by atoms with Crippen molar-refractivity contribution in [2.24, 2.45) is 0 Å². The number of carbonyl (C=O) groups is 1. The minimum absolute atomic E-state index is 0.0193. The summed E-state index contributed by atoms with van der Waals surface area (Å²) >= 11 is 0. The number of ether oxygens (including phenoxy) is 1. The van der Waals surface area contributed by atoms with Gasteiger partial charge in [0.15, 0.2) is 6.61 Å². The summed E-state index contributed by atoms with van der Waals surface area (Å²) in [5.41, 5.74) is 0.585. The highest BCUT2D eigenvalue weighted by molar-refractivity contribution is 7.92. The number of esters is 1. The summed E-state index contributed by atoms with van der Waals surface area (Å²) in [4.78, 5) is 16.2. The zero-order chi connectivity index (χ0) is 20.9. The third kappa shape index (κ3) is 4.52. The van der Waals surface area contributed by atoms with E-state index in [-0.39, 0.29) is 29.4 Å². The molecule has 0 radical (unpaired) electrons. The number of hydrogen-bond acceptors (Lipinski definition) is 6. The second-order valence-corrected chi connectivity index (χ2v) is 7.83. The lowest BCUT2D eigenvalue weighted by molar-refractivity contribution is -0.620. The number of sulfonamides is 1. The van der Waals surface area contributed by atoms with Gasteiger partial charge in [-0.2, -0.15) is 0 Å². The van der Waals surface area contributed by atoms with E-state index in [0.29, 0.717) is 10.4 Å². The fourth-order valence-corrected chi connectivity index (χ4v) is 4.22. The van der Waals surface area contributed by atoms with E-state index in [4.69, 9.17) is 4.74 Å². The van der Waals surface area contributed by atoms with Gasteiger partial charge >= 0.3 is 11.8 Å². The fraction of sp³-hybridized carbons (Fsp3) is 0.150. The smallest absolute Gasteiger partial charge is 0.339 e. The van der Waals surface area contributed by atoms with Gasteiger partial charge in [-0.05, 0) is 42.2 Å². The molecule has 0 N–H and O–H groups in total. The zero-order valence-corrected chi connectivity index (χ0v) is 16.5. The second-order valence-electron chi connectivity index (χ2n) is 5.97. The van der Waals surface area contributed by atoms with E-state index in [1.807, 2.05) is 0 Å². The molecular weight excluding hydrogens is 394 g/mol. The molecule has 0 amide bonds. The second kappa shape index (κ2) is 8.70. The number of para-hydroxylation sites is 1. The quantitative estimate of drug-likeness (QED) is 0.334. The molecule has 8 nitrogen and oxygen atoms in total. The van der Waals surface area contributed by atoms with Crippen molar-refractivity contribution in [3.05, 3.63) is 89.7 Å². The molecule has 0 aliphatic rings. The minimum atomic E-state index is -3.87. The Balaban J connectivity index is 1.82. The van der Waals surface area contributed by atoms with E-state index in [0.717, 1.165) is 0 Å². The standard InChI is InChI=1S/C20H19N3O5S/c1-2-23(17-9-4-3-5-10-17)29(26,27)18-11-6-8-16(14-18)20(24)28-15-19-21-12-7-13-22(19)25/h3-14H,2,15H2,1H3. The van der Waals surface area contributed by atoms with Crippen molar-refractivity contribution >= 4 is 21.7 Å². The Kier molecular flexibility index (Phi) is 6.08. The van der Waals surface area contributed by atoms with Crippen LogP contribution in [0.2, 0.25) is 0 Å². The van der Waals surface area contributed by atoms with Crippen LogP contribution in [0, 0.1) is 5.21 Å². The molecule has 0 saturated carbocycles. The van der Waals surface area contributed by atoms with Crippen LogP contribution >= 0.6 is 0 Å². The first-order chi connectivity index (χ1) is 13.9. The molecule has 2 aromatic carbocycles. The fourth-order valence-electron chi connectivity index (χ4n) is 2.70. The van der Waals surface area contributed by atoms with Crippen molar-refractivity contribution in [1.29, 1.82) is 0 Å². The molecule has 3 aromatic rings. The normalized spacial score (nSPS) is 11.1. The van der Waals surface area contributed by atoms with E-state index in [9.17, 15) is 18.4 Å². The highest BCUT2D eigenvalue weighted by atomic mass is 32.2. The summed E-state index contributed by atoms with van der Waals surface area (Å²) in [5, 5.41) is 11.6. The molecule has 1 heterocycles. The third-order valence-corrected chi connectivity index (χ3v) is 6.01. The molecule has 0 bridgehead atoms. The first-order valence-electron chi connectivity index (χ1n) is 8.81. The number of benzene rings is 2. The molecule has 0 aliphatic heterocycles. The summed E-state index contributed by atoms with van der Waals surface area (Å²) in [6.07, 6.45) is 2.65. The number of carbonyl (C=O) groups excluding carboxylic acids is 1. The number of rotatable bonds is 7. The van der Waals surface area contributed by atoms with Gasteiger partial charge in [-0.25, -0.2) is 17.9 Å². The number of anilines is 1. The first kappa shape index (κ1) is 20.3. The van der Waals surface area contributed by atoms with E-state index >= 15 is 0 Å². The lowest BCUT2D eigenvalue weighted by Gasteiger charge is -2.23. The van der Waals surface area contributed by atoms with Crippen molar-refractivity contribution in [2.45, 2.75) is 18.4 Å². The molecule has 0 unspecified atom stereocenters. The molecule has 0 saturated heterocycles. The van der Waals surface area contributed by atoms with Crippen LogP contribution in [0.15, 0.2) is 78.0 Å². The maximum Gasteiger partial charge on any atom is 0.339 e. The monoisotopic (exact) mass is 413 g/mol. The van der Waals surface area contributed by atoms with Crippen LogP contribution < -0.4 is 9.04 Å². The van der Waals surface area contributed by atoms with Crippen LogP contribution in [0.4, 0.5) is 5.69 Å². The maximum atomic E-state index is 13.1. The van der Waals surface area contributed by atoms with Crippen LogP contribution in [-0.4, -0.2) is 25.9 Å². The highest BCUT2D eigenvalue weighted by Gasteiger charge is 2.24. The largest absolute Gasteiger partial charge is 0.711 e. The van der Waals surface area contributed by atoms with E-state index in [1.54, 1.807) is 37.3 Å². The van der Waals surface area contributed by atoms with Crippen molar-refractivity contribution in [3.8, 4) is 0 Å². The molecule has 0 atom stereocenters. The van der Waals surface area contributed by atoms with E-state index in [1.165, 1.54) is 47.0 Å². The van der Waals surface area contributed by atoms with Crippen molar-refractivity contribution < 1.29 is 22.7 Å². The molecular formula is C20H19N3O5S. The third-order valence-electron chi connectivity index (χ3n) is 4.11. The van der Waals surface area contributed by atoms with Gasteiger partial charge < -0.3 is 9.94 Å². The van der Waals surface area contributed by atoms with Crippen LogP contribution in [0.3, 0.4) is 0 Å². The van der Waals surface area contributed by atoms with Crippen molar-refractivity contribution in [1.82, 2.24) is 4.98 Å². The Hall–Kier alpha value is -3.46. The summed E-state index contributed by atoms with van der Waals surface area (Å²) in [6.45, 7) is 1.63. The average molecular weight is 413 g/mol. The summed E-state index contributed by atoms with van der Waals surface area (Å²) in [7, 11) is -3.87. The van der Waals surface area contributed by atoms with Crippen LogP contribution in [0.5, 0.6) is 0 Å². The van der Waals surface area contributed by atoms with Crippen LogP contribution in [0.1, 0.15) is 23.1 Å². The molecule has 3 rings (SSSR count). The van der Waals surface area contributed by atoms with E-state index in [2.05, 4.69) is 4.98 Å². The first-order valence-corrected chi connectivity index (χ1v) is 10.3. The Labute approximate surface area is 168 Å². The number of hydrogen-bond donors (Lipinski definition) is 0. The highest BCUT2D eigenvalue weighted by Crippen LogP contribution is 2.24. The Morgan fingerprint density at radius 1 is 1.14 bits per heavy atom. The average Bonchev–Trinajstić information content (AvgIpc) is 2.74. The molecule has 0 spiro atoms. The Bertz CT molecular complexity index is 1100. The number of nitrogens with zero attached hydrogens (tertiary/aromatic N) is 3. The van der Waals surface area contributed by atoms with Crippen molar-refractivity contribution in [3.63, 3.8) is 0 Å². The molecule has 150 valence electrons. The van der Waals surface area contributed by atoms with Gasteiger partial charge in [0, 0.05) is 12.6 Å². The summed E-state index contributed by atoms with van der Waals surface area (Å²) in [5.74, 6) is -0.735. The SMILES string of the molecule is CCN(c1ccccc1)S(=O)(=O)c1cccc(C(=O)OCc2nccc[n+]2[O-])c1. The van der Waals surface area contributed by atoms with Gasteiger partial charge in [-0.15, -0.1) is 0 Å². The summed E-state index contributed by atoms with van der Waals surface area (Å²) < 4.78 is 33.0. The van der Waals surface area contributed by atoms with Gasteiger partial charge in [0.2, 0.25) is 0 Å². The maximum absolute atomic E-state index is 13.1. The lowest BCUT2D eigenvalue weighted by atomic mass is 10.2. The predicted octanol–water partition coefficient (Wildman–Crippen LogP) is 2.29. The molecule has 29 heavy (non-hydrogen) atoms. The topological polar surface area (TPSA) is 104 Å². The van der Waals surface area contributed by atoms with Gasteiger partial charge in [0.25, 0.3) is 10.0 Å². The minimum Gasteiger partial charge on any atom is -0.711 e. The van der Waals surface area contributed by atoms with E-state index < -0.39 is 16.0 Å². The molecule has 0 fully saturated rings. The van der Waals surface area contributed by atoms with Gasteiger partial charge in [0.05, 0.1) is 22.3 Å². The van der Waals surface area contributed by atoms with Crippen LogP contribution in [0.25, 0.3) is 0 Å². The molecule has 9 heteroatoms. The number of aromatic nitrogens is 2. The van der Waals surface area contributed by atoms with Gasteiger partial charge in [-0.1, -0.05) is 24.3 Å². The van der Waals surface area contributed by atoms with Gasteiger partial charge in [0.1, 0.15) is 6.20 Å². The van der Waals surface area contributed by atoms with Crippen LogP contribution in [-0.2, 0) is 21.4 Å². The zero-order valence-electron chi connectivity index (χ0n) is 15.6. The predicted molar refractivity (Wildman–Crippen MR) is 105 cm³/mol. The summed E-state index contributed by atoms with van der Waals surface area (Å²) in [6, 6.07) is 15.7. The lowest BCUT2D eigenvalue weighted by Crippen LogP contribution is -2.33.